The number of nitrogens with one attached hydrogen (secondary N) is 1. The molecule has 31 heavy (non-hydrogen) atoms. The van der Waals surface area contributed by atoms with E-state index in [0.717, 1.165) is 67.8 Å². The number of aryl methyl sites for hydroxylation is 3. The number of fused-ring (bicyclic) bond motifs is 1. The Morgan fingerprint density at radius 1 is 1.32 bits per heavy atom. The molecule has 0 spiro atoms. The Bertz CT molecular complexity index is 901. The molecule has 0 radical (unpaired) electrons. The van der Waals surface area contributed by atoms with Crippen LogP contribution in [-0.2, 0) is 22.4 Å². The molecule has 166 valence electrons. The number of anilines is 1. The summed E-state index contributed by atoms with van der Waals surface area (Å²) in [5.74, 6) is 0.269. The third-order valence-electron chi connectivity index (χ3n) is 6.27. The molecule has 1 fully saturated rings. The monoisotopic (exact) mass is 423 g/mol. The number of likely N-dealkylation sites (tertiary alicyclic amines) is 1. The first-order valence-electron chi connectivity index (χ1n) is 11.5. The first kappa shape index (κ1) is 21.8. The zero-order valence-corrected chi connectivity index (χ0v) is 18.3. The number of aliphatic carboxylic acids is 1. The Kier molecular flexibility index (Phi) is 7.20. The molecular weight excluding hydrogens is 390 g/mol. The number of carboxylic acids is 1. The van der Waals surface area contributed by atoms with Crippen molar-refractivity contribution >= 4 is 11.8 Å². The molecule has 1 aromatic carbocycles. The number of unbranched alkanes of at least 4 members (excludes halogenated alkanes) is 1. The smallest absolute Gasteiger partial charge is 0.325 e. The number of aromatic nitrogens is 1. The fraction of sp³-hybridized carbons (Fsp3) is 0.520. The summed E-state index contributed by atoms with van der Waals surface area (Å²) in [5.41, 5.74) is 4.40. The minimum atomic E-state index is -0.793. The van der Waals surface area contributed by atoms with Crippen molar-refractivity contribution in [3.63, 3.8) is 0 Å². The van der Waals surface area contributed by atoms with Gasteiger partial charge in [0.15, 0.2) is 0 Å². The van der Waals surface area contributed by atoms with E-state index < -0.39 is 12.0 Å². The van der Waals surface area contributed by atoms with Crippen molar-refractivity contribution in [1.29, 1.82) is 0 Å². The highest BCUT2D eigenvalue weighted by Crippen LogP contribution is 2.27. The van der Waals surface area contributed by atoms with Crippen LogP contribution in [-0.4, -0.2) is 53.3 Å². The average Bonchev–Trinajstić information content (AvgIpc) is 3.21. The Morgan fingerprint density at radius 3 is 3.06 bits per heavy atom. The quantitative estimate of drug-likeness (QED) is 0.594. The van der Waals surface area contributed by atoms with Gasteiger partial charge in [0.25, 0.3) is 0 Å². The maximum Gasteiger partial charge on any atom is 0.325 e. The van der Waals surface area contributed by atoms with Gasteiger partial charge in [-0.3, -0.25) is 9.69 Å². The summed E-state index contributed by atoms with van der Waals surface area (Å²) >= 11 is 0. The number of ether oxygens (including phenoxy) is 1. The van der Waals surface area contributed by atoms with Crippen molar-refractivity contribution in [2.24, 2.45) is 0 Å². The van der Waals surface area contributed by atoms with Crippen molar-refractivity contribution in [2.45, 2.75) is 57.6 Å². The van der Waals surface area contributed by atoms with Crippen LogP contribution >= 0.6 is 0 Å². The van der Waals surface area contributed by atoms with E-state index in [-0.39, 0.29) is 6.10 Å². The highest BCUT2D eigenvalue weighted by Gasteiger charge is 2.33. The lowest BCUT2D eigenvalue weighted by Gasteiger charge is -2.25. The number of pyridine rings is 1. The lowest BCUT2D eigenvalue weighted by Crippen LogP contribution is -2.33. The summed E-state index contributed by atoms with van der Waals surface area (Å²) in [7, 11) is 0. The number of benzene rings is 1. The summed E-state index contributed by atoms with van der Waals surface area (Å²) in [5, 5.41) is 13.2. The van der Waals surface area contributed by atoms with E-state index in [1.165, 1.54) is 12.0 Å². The molecule has 0 amide bonds. The SMILES string of the molecule is Cc1cccc([C@@H](C(=O)O)N2CC[C@@H](OCCCCc3ccc4c(n3)NCCC4)C2)c1. The van der Waals surface area contributed by atoms with Crippen LogP contribution in [0.2, 0.25) is 0 Å². The van der Waals surface area contributed by atoms with Crippen molar-refractivity contribution in [1.82, 2.24) is 9.88 Å². The first-order valence-corrected chi connectivity index (χ1v) is 11.5. The van der Waals surface area contributed by atoms with E-state index in [4.69, 9.17) is 9.72 Å². The van der Waals surface area contributed by atoms with E-state index in [1.54, 1.807) is 0 Å². The molecule has 1 saturated heterocycles. The number of carbonyl (C=O) groups is 1. The van der Waals surface area contributed by atoms with Crippen molar-refractivity contribution in [3.05, 3.63) is 58.8 Å². The van der Waals surface area contributed by atoms with Crippen LogP contribution in [0.1, 0.15) is 54.1 Å². The zero-order chi connectivity index (χ0) is 21.6. The molecule has 0 unspecified atom stereocenters. The van der Waals surface area contributed by atoms with Crippen molar-refractivity contribution in [3.8, 4) is 0 Å². The first-order chi connectivity index (χ1) is 15.1. The molecule has 4 rings (SSSR count). The van der Waals surface area contributed by atoms with Crippen LogP contribution < -0.4 is 5.32 Å². The topological polar surface area (TPSA) is 74.7 Å². The number of carboxylic acid groups (broad SMARTS) is 1. The number of hydrogen-bond donors (Lipinski definition) is 2. The van der Waals surface area contributed by atoms with Gasteiger partial charge in [-0.05, 0) is 62.6 Å². The van der Waals surface area contributed by atoms with Crippen LogP contribution in [0, 0.1) is 6.92 Å². The van der Waals surface area contributed by atoms with Gasteiger partial charge < -0.3 is 15.2 Å². The van der Waals surface area contributed by atoms with Gasteiger partial charge in [-0.25, -0.2) is 4.98 Å². The molecule has 2 aliphatic heterocycles. The fourth-order valence-electron chi connectivity index (χ4n) is 4.64. The third-order valence-corrected chi connectivity index (χ3v) is 6.27. The molecule has 1 aromatic heterocycles. The van der Waals surface area contributed by atoms with E-state index in [2.05, 4.69) is 17.4 Å². The second kappa shape index (κ2) is 10.2. The Hall–Kier alpha value is -2.44. The lowest BCUT2D eigenvalue weighted by molar-refractivity contribution is -0.143. The molecule has 6 nitrogen and oxygen atoms in total. The predicted octanol–water partition coefficient (Wildman–Crippen LogP) is 3.99. The Morgan fingerprint density at radius 2 is 2.23 bits per heavy atom. The third kappa shape index (κ3) is 5.63. The Balaban J connectivity index is 1.20. The van der Waals surface area contributed by atoms with Crippen molar-refractivity contribution in [2.75, 3.05) is 31.6 Å². The molecule has 3 heterocycles. The lowest BCUT2D eigenvalue weighted by atomic mass is 10.0. The summed E-state index contributed by atoms with van der Waals surface area (Å²) < 4.78 is 6.08. The minimum Gasteiger partial charge on any atom is -0.480 e. The molecule has 2 aromatic rings. The van der Waals surface area contributed by atoms with Gasteiger partial charge in [-0.2, -0.15) is 0 Å². The number of rotatable bonds is 9. The maximum absolute atomic E-state index is 11.9. The highest BCUT2D eigenvalue weighted by atomic mass is 16.5. The zero-order valence-electron chi connectivity index (χ0n) is 18.3. The molecule has 0 bridgehead atoms. The predicted molar refractivity (Wildman–Crippen MR) is 121 cm³/mol. The number of nitrogens with zero attached hydrogens (tertiary/aromatic N) is 2. The minimum absolute atomic E-state index is 0.109. The van der Waals surface area contributed by atoms with E-state index in [1.807, 2.05) is 36.1 Å². The Labute approximate surface area is 184 Å². The van der Waals surface area contributed by atoms with Crippen LogP contribution in [0.5, 0.6) is 0 Å². The van der Waals surface area contributed by atoms with Crippen LogP contribution in [0.3, 0.4) is 0 Å². The van der Waals surface area contributed by atoms with Crippen LogP contribution in [0.25, 0.3) is 0 Å². The highest BCUT2D eigenvalue weighted by molar-refractivity contribution is 5.75. The van der Waals surface area contributed by atoms with E-state index in [0.29, 0.717) is 13.2 Å². The molecule has 2 atom stereocenters. The summed E-state index contributed by atoms with van der Waals surface area (Å²) in [4.78, 5) is 18.7. The second-order valence-corrected chi connectivity index (χ2v) is 8.73. The average molecular weight is 424 g/mol. The van der Waals surface area contributed by atoms with Crippen LogP contribution in [0.15, 0.2) is 36.4 Å². The molecule has 0 aliphatic carbocycles. The van der Waals surface area contributed by atoms with E-state index in [9.17, 15) is 9.90 Å². The van der Waals surface area contributed by atoms with Gasteiger partial charge >= 0.3 is 5.97 Å². The van der Waals surface area contributed by atoms with Gasteiger partial charge in [0, 0.05) is 31.9 Å². The van der Waals surface area contributed by atoms with Gasteiger partial charge in [-0.15, -0.1) is 0 Å². The van der Waals surface area contributed by atoms with Crippen molar-refractivity contribution < 1.29 is 14.6 Å². The standard InChI is InChI=1S/C25H33N3O3/c1-18-6-4-7-20(16-18)23(25(29)30)28-14-12-22(17-28)31-15-3-2-9-21-11-10-19-8-5-13-26-24(19)27-21/h4,6-7,10-11,16,22-23H,2-3,5,8-9,12-15,17H2,1H3,(H,26,27)(H,29,30)/t22-,23+/m1/s1. The molecule has 2 N–H and O–H groups in total. The number of hydrogen-bond acceptors (Lipinski definition) is 5. The molecule has 0 saturated carbocycles. The van der Waals surface area contributed by atoms with Crippen LogP contribution in [0.4, 0.5) is 5.82 Å². The molecule has 2 aliphatic rings. The largest absolute Gasteiger partial charge is 0.480 e. The summed E-state index contributed by atoms with van der Waals surface area (Å²) in [6.07, 6.45) is 6.29. The van der Waals surface area contributed by atoms with Gasteiger partial charge in [0.2, 0.25) is 0 Å². The maximum atomic E-state index is 11.9. The van der Waals surface area contributed by atoms with E-state index >= 15 is 0 Å². The summed E-state index contributed by atoms with van der Waals surface area (Å²) in [6.45, 7) is 5.14. The fourth-order valence-corrected chi connectivity index (χ4v) is 4.64. The van der Waals surface area contributed by atoms with Gasteiger partial charge in [-0.1, -0.05) is 35.9 Å². The summed E-state index contributed by atoms with van der Waals surface area (Å²) in [6, 6.07) is 11.6. The molecule has 6 heteroatoms. The second-order valence-electron chi connectivity index (χ2n) is 8.73. The van der Waals surface area contributed by atoms with Gasteiger partial charge in [0.1, 0.15) is 11.9 Å². The molecular formula is C25H33N3O3. The van der Waals surface area contributed by atoms with Gasteiger partial charge in [0.05, 0.1) is 6.10 Å². The normalized spacial score (nSPS) is 19.6.